The van der Waals surface area contributed by atoms with E-state index in [9.17, 15) is 4.21 Å². The molecule has 0 saturated carbocycles. The van der Waals surface area contributed by atoms with E-state index in [-0.39, 0.29) is 0 Å². The van der Waals surface area contributed by atoms with E-state index in [0.717, 1.165) is 32.6 Å². The van der Waals surface area contributed by atoms with E-state index in [1.54, 1.807) is 6.26 Å². The highest BCUT2D eigenvalue weighted by atomic mass is 32.2. The minimum absolute atomic E-state index is 0.301. The van der Waals surface area contributed by atoms with Crippen LogP contribution >= 0.6 is 0 Å². The van der Waals surface area contributed by atoms with E-state index in [1.807, 2.05) is 6.92 Å². The van der Waals surface area contributed by atoms with Crippen molar-refractivity contribution in [2.45, 2.75) is 31.1 Å². The molecule has 3 unspecified atom stereocenters. The van der Waals surface area contributed by atoms with E-state index in [4.69, 9.17) is 4.74 Å². The van der Waals surface area contributed by atoms with Crippen LogP contribution in [0.3, 0.4) is 0 Å². The molecule has 1 rings (SSSR count). The van der Waals surface area contributed by atoms with Crippen LogP contribution in [0.4, 0.5) is 0 Å². The molecule has 1 aliphatic heterocycles. The average molecular weight is 205 g/mol. The van der Waals surface area contributed by atoms with Crippen LogP contribution in [0.25, 0.3) is 0 Å². The fourth-order valence-corrected chi connectivity index (χ4v) is 1.80. The van der Waals surface area contributed by atoms with E-state index < -0.39 is 10.8 Å². The van der Waals surface area contributed by atoms with Crippen molar-refractivity contribution in [2.75, 3.05) is 26.0 Å². The summed E-state index contributed by atoms with van der Waals surface area (Å²) in [5, 5.41) is 3.71. The first kappa shape index (κ1) is 11.1. The quantitative estimate of drug-likeness (QED) is 0.711. The summed E-state index contributed by atoms with van der Waals surface area (Å²) < 4.78 is 16.3. The van der Waals surface area contributed by atoms with Gasteiger partial charge in [0, 0.05) is 35.0 Å². The fourth-order valence-electron chi connectivity index (χ4n) is 1.35. The predicted octanol–water partition coefficient (Wildman–Crippen LogP) is 0.522. The molecule has 1 aliphatic rings. The topological polar surface area (TPSA) is 38.3 Å². The molecule has 3 atom stereocenters. The van der Waals surface area contributed by atoms with Crippen LogP contribution < -0.4 is 5.32 Å². The van der Waals surface area contributed by atoms with Crippen molar-refractivity contribution in [3.8, 4) is 0 Å². The molecule has 0 aromatic heterocycles. The monoisotopic (exact) mass is 205 g/mol. The Bertz CT molecular complexity index is 169. The number of nitrogens with one attached hydrogen (secondary N) is 1. The molecule has 1 heterocycles. The lowest BCUT2D eigenvalue weighted by atomic mass is 10.2. The van der Waals surface area contributed by atoms with Gasteiger partial charge in [0.2, 0.25) is 0 Å². The Morgan fingerprint density at radius 3 is 3.00 bits per heavy atom. The molecule has 13 heavy (non-hydrogen) atoms. The smallest absolute Gasteiger partial charge is 0.0620 e. The Morgan fingerprint density at radius 2 is 2.46 bits per heavy atom. The Balaban J connectivity index is 2.02. The van der Waals surface area contributed by atoms with E-state index in [0.29, 0.717) is 11.3 Å². The minimum atomic E-state index is -0.685. The molecule has 0 aliphatic carbocycles. The molecule has 1 saturated heterocycles. The van der Waals surface area contributed by atoms with Gasteiger partial charge >= 0.3 is 0 Å². The number of hydrogen-bond donors (Lipinski definition) is 1. The molecule has 0 aromatic carbocycles. The summed E-state index contributed by atoms with van der Waals surface area (Å²) in [6.07, 6.45) is 3.87. The zero-order valence-electron chi connectivity index (χ0n) is 8.41. The SMILES string of the molecule is CC(CCNC1CCOC1)S(C)=O. The van der Waals surface area contributed by atoms with Crippen molar-refractivity contribution < 1.29 is 8.95 Å². The zero-order chi connectivity index (χ0) is 9.68. The second kappa shape index (κ2) is 5.73. The summed E-state index contributed by atoms with van der Waals surface area (Å²) in [7, 11) is -0.685. The first-order valence-corrected chi connectivity index (χ1v) is 6.45. The molecule has 0 bridgehead atoms. The summed E-state index contributed by atoms with van der Waals surface area (Å²) in [6, 6.07) is 0.525. The second-order valence-electron chi connectivity index (χ2n) is 3.61. The Morgan fingerprint density at radius 1 is 1.69 bits per heavy atom. The molecule has 1 N–H and O–H groups in total. The lowest BCUT2D eigenvalue weighted by molar-refractivity contribution is 0.190. The molecule has 1 fully saturated rings. The van der Waals surface area contributed by atoms with Gasteiger partial charge in [-0.3, -0.25) is 4.21 Å². The number of rotatable bonds is 5. The van der Waals surface area contributed by atoms with Gasteiger partial charge < -0.3 is 10.1 Å². The Labute approximate surface area is 82.7 Å². The molecule has 0 radical (unpaired) electrons. The Hall–Kier alpha value is 0.0700. The van der Waals surface area contributed by atoms with Gasteiger partial charge in [0.15, 0.2) is 0 Å². The van der Waals surface area contributed by atoms with Crippen LogP contribution in [-0.2, 0) is 15.5 Å². The lowest BCUT2D eigenvalue weighted by Crippen LogP contribution is -2.31. The average Bonchev–Trinajstić information content (AvgIpc) is 2.56. The van der Waals surface area contributed by atoms with Crippen LogP contribution in [0.5, 0.6) is 0 Å². The summed E-state index contributed by atoms with van der Waals surface area (Å²) in [4.78, 5) is 0. The number of ether oxygens (including phenoxy) is 1. The molecule has 0 spiro atoms. The third-order valence-corrected chi connectivity index (χ3v) is 3.85. The van der Waals surface area contributed by atoms with Gasteiger partial charge in [-0.1, -0.05) is 6.92 Å². The summed E-state index contributed by atoms with van der Waals surface area (Å²) in [5.41, 5.74) is 0. The largest absolute Gasteiger partial charge is 0.380 e. The molecule has 3 nitrogen and oxygen atoms in total. The maximum absolute atomic E-state index is 11.0. The van der Waals surface area contributed by atoms with Gasteiger partial charge in [-0.05, 0) is 19.4 Å². The van der Waals surface area contributed by atoms with E-state index >= 15 is 0 Å². The zero-order valence-corrected chi connectivity index (χ0v) is 9.23. The second-order valence-corrected chi connectivity index (χ2v) is 5.41. The first-order valence-electron chi connectivity index (χ1n) is 4.83. The standard InChI is InChI=1S/C9H19NO2S/c1-8(13(2)11)3-5-10-9-4-6-12-7-9/h8-10H,3-7H2,1-2H3. The lowest BCUT2D eigenvalue weighted by Gasteiger charge is -2.12. The Kier molecular flexibility index (Phi) is 4.91. The van der Waals surface area contributed by atoms with Gasteiger partial charge in [-0.2, -0.15) is 0 Å². The normalized spacial score (nSPS) is 27.4. The van der Waals surface area contributed by atoms with Crippen molar-refractivity contribution in [3.05, 3.63) is 0 Å². The molecular weight excluding hydrogens is 186 g/mol. The van der Waals surface area contributed by atoms with Crippen LogP contribution in [0, 0.1) is 0 Å². The maximum Gasteiger partial charge on any atom is 0.0620 e. The van der Waals surface area contributed by atoms with E-state index in [2.05, 4.69) is 5.32 Å². The van der Waals surface area contributed by atoms with Crippen molar-refractivity contribution in [1.82, 2.24) is 5.32 Å². The van der Waals surface area contributed by atoms with Crippen molar-refractivity contribution in [3.63, 3.8) is 0 Å². The summed E-state index contributed by atoms with van der Waals surface area (Å²) >= 11 is 0. The highest BCUT2D eigenvalue weighted by molar-refractivity contribution is 7.84. The summed E-state index contributed by atoms with van der Waals surface area (Å²) in [5.74, 6) is 0. The minimum Gasteiger partial charge on any atom is -0.380 e. The maximum atomic E-state index is 11.0. The van der Waals surface area contributed by atoms with Crippen LogP contribution in [-0.4, -0.2) is 41.5 Å². The third-order valence-electron chi connectivity index (χ3n) is 2.48. The molecular formula is C9H19NO2S. The van der Waals surface area contributed by atoms with Crippen molar-refractivity contribution in [2.24, 2.45) is 0 Å². The highest BCUT2D eigenvalue weighted by Crippen LogP contribution is 2.04. The molecule has 4 heteroatoms. The number of hydrogen-bond acceptors (Lipinski definition) is 3. The van der Waals surface area contributed by atoms with Gasteiger partial charge in [0.25, 0.3) is 0 Å². The molecule has 0 amide bonds. The fraction of sp³-hybridized carbons (Fsp3) is 1.00. The van der Waals surface area contributed by atoms with Gasteiger partial charge in [-0.25, -0.2) is 0 Å². The van der Waals surface area contributed by atoms with Gasteiger partial charge in [0.05, 0.1) is 6.61 Å². The van der Waals surface area contributed by atoms with Gasteiger partial charge in [-0.15, -0.1) is 0 Å². The molecule has 78 valence electrons. The van der Waals surface area contributed by atoms with Crippen LogP contribution in [0.2, 0.25) is 0 Å². The van der Waals surface area contributed by atoms with Crippen molar-refractivity contribution in [1.29, 1.82) is 0 Å². The van der Waals surface area contributed by atoms with Gasteiger partial charge in [0.1, 0.15) is 0 Å². The van der Waals surface area contributed by atoms with Crippen molar-refractivity contribution >= 4 is 10.8 Å². The predicted molar refractivity (Wildman–Crippen MR) is 55.4 cm³/mol. The summed E-state index contributed by atoms with van der Waals surface area (Å²) in [6.45, 7) is 4.70. The third kappa shape index (κ3) is 4.20. The van der Waals surface area contributed by atoms with E-state index in [1.165, 1.54) is 0 Å². The van der Waals surface area contributed by atoms with Crippen LogP contribution in [0.1, 0.15) is 19.8 Å². The molecule has 0 aromatic rings. The highest BCUT2D eigenvalue weighted by Gasteiger charge is 2.14. The first-order chi connectivity index (χ1) is 6.20. The van der Waals surface area contributed by atoms with Crippen LogP contribution in [0.15, 0.2) is 0 Å².